The molecular formula is C19H18BrNO3. The summed E-state index contributed by atoms with van der Waals surface area (Å²) in [6.07, 6.45) is 0. The molecule has 1 aliphatic rings. The van der Waals surface area contributed by atoms with E-state index in [1.165, 1.54) is 0 Å². The van der Waals surface area contributed by atoms with Crippen LogP contribution in [0, 0.1) is 12.8 Å². The molecule has 0 aromatic heterocycles. The minimum absolute atomic E-state index is 0.113. The number of aliphatic carboxylic acids is 1. The monoisotopic (exact) mass is 387 g/mol. The van der Waals surface area contributed by atoms with Gasteiger partial charge in [-0.3, -0.25) is 9.59 Å². The van der Waals surface area contributed by atoms with Crippen molar-refractivity contribution in [1.29, 1.82) is 0 Å². The SMILES string of the molecule is Cc1ccc(Br)cc1C(=O)N1CC(C(=O)O)C(c2ccccc2)C1. The van der Waals surface area contributed by atoms with Crippen molar-refractivity contribution in [3.8, 4) is 0 Å². The Hall–Kier alpha value is -2.14. The molecular weight excluding hydrogens is 370 g/mol. The van der Waals surface area contributed by atoms with Crippen LogP contribution in [0.25, 0.3) is 0 Å². The third-order valence-corrected chi connectivity index (χ3v) is 5.08. The Labute approximate surface area is 149 Å². The Morgan fingerprint density at radius 1 is 1.12 bits per heavy atom. The first kappa shape index (κ1) is 16.7. The van der Waals surface area contributed by atoms with Gasteiger partial charge in [0, 0.05) is 29.0 Å². The van der Waals surface area contributed by atoms with Gasteiger partial charge >= 0.3 is 5.97 Å². The molecule has 1 amide bonds. The lowest BCUT2D eigenvalue weighted by Gasteiger charge is -2.18. The molecule has 24 heavy (non-hydrogen) atoms. The summed E-state index contributed by atoms with van der Waals surface area (Å²) in [5, 5.41) is 9.57. The third-order valence-electron chi connectivity index (χ3n) is 4.58. The maximum Gasteiger partial charge on any atom is 0.308 e. The highest BCUT2D eigenvalue weighted by Gasteiger charge is 2.40. The number of aryl methyl sites for hydroxylation is 1. The van der Waals surface area contributed by atoms with Crippen molar-refractivity contribution in [2.45, 2.75) is 12.8 Å². The summed E-state index contributed by atoms with van der Waals surface area (Å²) in [7, 11) is 0. The number of halogens is 1. The molecule has 3 rings (SSSR count). The van der Waals surface area contributed by atoms with Crippen LogP contribution in [0.3, 0.4) is 0 Å². The van der Waals surface area contributed by atoms with E-state index in [0.717, 1.165) is 15.6 Å². The molecule has 2 aromatic rings. The van der Waals surface area contributed by atoms with Gasteiger partial charge in [-0.05, 0) is 30.2 Å². The number of carboxylic acids is 1. The Kier molecular flexibility index (Phi) is 4.71. The first-order chi connectivity index (χ1) is 11.5. The minimum Gasteiger partial charge on any atom is -0.481 e. The van der Waals surface area contributed by atoms with E-state index in [1.54, 1.807) is 11.0 Å². The fourth-order valence-corrected chi connectivity index (χ4v) is 3.61. The number of rotatable bonds is 3. The van der Waals surface area contributed by atoms with E-state index in [9.17, 15) is 14.7 Å². The van der Waals surface area contributed by atoms with Crippen LogP contribution in [0.15, 0.2) is 53.0 Å². The smallest absolute Gasteiger partial charge is 0.308 e. The maximum absolute atomic E-state index is 12.9. The van der Waals surface area contributed by atoms with Gasteiger partial charge in [-0.15, -0.1) is 0 Å². The van der Waals surface area contributed by atoms with Crippen molar-refractivity contribution in [1.82, 2.24) is 4.90 Å². The second kappa shape index (κ2) is 6.77. The number of amides is 1. The molecule has 4 nitrogen and oxygen atoms in total. The quantitative estimate of drug-likeness (QED) is 0.873. The van der Waals surface area contributed by atoms with Crippen molar-refractivity contribution >= 4 is 27.8 Å². The number of likely N-dealkylation sites (tertiary alicyclic amines) is 1. The van der Waals surface area contributed by atoms with Gasteiger partial charge in [-0.25, -0.2) is 0 Å². The average molecular weight is 388 g/mol. The zero-order chi connectivity index (χ0) is 17.3. The van der Waals surface area contributed by atoms with Gasteiger partial charge in [0.2, 0.25) is 0 Å². The third kappa shape index (κ3) is 3.22. The first-order valence-electron chi connectivity index (χ1n) is 7.80. The summed E-state index contributed by atoms with van der Waals surface area (Å²) in [6, 6.07) is 15.1. The van der Waals surface area contributed by atoms with E-state index in [0.29, 0.717) is 12.1 Å². The van der Waals surface area contributed by atoms with Crippen LogP contribution in [-0.2, 0) is 4.79 Å². The van der Waals surface area contributed by atoms with Crippen LogP contribution in [0.4, 0.5) is 0 Å². The summed E-state index contributed by atoms with van der Waals surface area (Å²) in [6.45, 7) is 2.55. The van der Waals surface area contributed by atoms with E-state index in [-0.39, 0.29) is 18.4 Å². The van der Waals surface area contributed by atoms with Crippen LogP contribution < -0.4 is 0 Å². The number of hydrogen-bond donors (Lipinski definition) is 1. The molecule has 0 aliphatic carbocycles. The number of hydrogen-bond acceptors (Lipinski definition) is 2. The number of carbonyl (C=O) groups excluding carboxylic acids is 1. The summed E-state index contributed by atoms with van der Waals surface area (Å²) in [5.74, 6) is -1.73. The summed E-state index contributed by atoms with van der Waals surface area (Å²) in [4.78, 5) is 26.2. The highest BCUT2D eigenvalue weighted by Crippen LogP contribution is 2.34. The van der Waals surface area contributed by atoms with Gasteiger partial charge in [0.05, 0.1) is 5.92 Å². The Balaban J connectivity index is 1.89. The standard InChI is InChI=1S/C19H18BrNO3/c1-12-7-8-14(20)9-15(12)18(22)21-10-16(17(11-21)19(23)24)13-5-3-2-4-6-13/h2-9,16-17H,10-11H2,1H3,(H,23,24). The average Bonchev–Trinajstić information content (AvgIpc) is 3.03. The van der Waals surface area contributed by atoms with Gasteiger partial charge in [0.1, 0.15) is 0 Å². The van der Waals surface area contributed by atoms with Crippen molar-refractivity contribution in [3.63, 3.8) is 0 Å². The molecule has 1 fully saturated rings. The van der Waals surface area contributed by atoms with E-state index >= 15 is 0 Å². The summed E-state index contributed by atoms with van der Waals surface area (Å²) in [5.41, 5.74) is 2.46. The molecule has 2 aromatic carbocycles. The summed E-state index contributed by atoms with van der Waals surface area (Å²) >= 11 is 3.39. The summed E-state index contributed by atoms with van der Waals surface area (Å²) < 4.78 is 0.838. The van der Waals surface area contributed by atoms with E-state index < -0.39 is 11.9 Å². The van der Waals surface area contributed by atoms with Crippen LogP contribution in [0.2, 0.25) is 0 Å². The molecule has 0 radical (unpaired) electrons. The molecule has 0 saturated carbocycles. The molecule has 1 aliphatic heterocycles. The Morgan fingerprint density at radius 2 is 1.83 bits per heavy atom. The normalized spacial score (nSPS) is 20.2. The molecule has 0 bridgehead atoms. The molecule has 1 heterocycles. The van der Waals surface area contributed by atoms with Gasteiger partial charge in [-0.1, -0.05) is 52.3 Å². The fraction of sp³-hybridized carbons (Fsp3) is 0.263. The maximum atomic E-state index is 12.9. The van der Waals surface area contributed by atoms with Crippen molar-refractivity contribution in [3.05, 3.63) is 69.7 Å². The predicted octanol–water partition coefficient (Wildman–Crippen LogP) is 3.70. The molecule has 2 unspecified atom stereocenters. The number of carbonyl (C=O) groups is 2. The molecule has 1 saturated heterocycles. The number of carboxylic acid groups (broad SMARTS) is 1. The van der Waals surface area contributed by atoms with E-state index in [2.05, 4.69) is 15.9 Å². The van der Waals surface area contributed by atoms with Gasteiger partial charge in [0.25, 0.3) is 5.91 Å². The predicted molar refractivity (Wildman–Crippen MR) is 95.1 cm³/mol. The van der Waals surface area contributed by atoms with Crippen LogP contribution in [0.5, 0.6) is 0 Å². The van der Waals surface area contributed by atoms with Crippen molar-refractivity contribution in [2.24, 2.45) is 5.92 Å². The first-order valence-corrected chi connectivity index (χ1v) is 8.60. The lowest BCUT2D eigenvalue weighted by molar-refractivity contribution is -0.141. The van der Waals surface area contributed by atoms with E-state index in [1.807, 2.05) is 49.4 Å². The highest BCUT2D eigenvalue weighted by molar-refractivity contribution is 9.10. The molecule has 0 spiro atoms. The highest BCUT2D eigenvalue weighted by atomic mass is 79.9. The van der Waals surface area contributed by atoms with Crippen LogP contribution in [0.1, 0.15) is 27.4 Å². The zero-order valence-electron chi connectivity index (χ0n) is 13.3. The lowest BCUT2D eigenvalue weighted by Crippen LogP contribution is -2.30. The minimum atomic E-state index is -0.856. The topological polar surface area (TPSA) is 57.6 Å². The Bertz CT molecular complexity index is 775. The Morgan fingerprint density at radius 3 is 2.50 bits per heavy atom. The molecule has 5 heteroatoms. The lowest BCUT2D eigenvalue weighted by atomic mass is 9.89. The van der Waals surface area contributed by atoms with Crippen LogP contribution in [-0.4, -0.2) is 35.0 Å². The second-order valence-electron chi connectivity index (χ2n) is 6.13. The fourth-order valence-electron chi connectivity index (χ4n) is 3.25. The number of benzene rings is 2. The van der Waals surface area contributed by atoms with E-state index in [4.69, 9.17) is 0 Å². The van der Waals surface area contributed by atoms with Gasteiger partial charge in [-0.2, -0.15) is 0 Å². The molecule has 2 atom stereocenters. The van der Waals surface area contributed by atoms with Crippen molar-refractivity contribution in [2.75, 3.05) is 13.1 Å². The second-order valence-corrected chi connectivity index (χ2v) is 7.05. The van der Waals surface area contributed by atoms with Crippen molar-refractivity contribution < 1.29 is 14.7 Å². The number of nitrogens with zero attached hydrogens (tertiary/aromatic N) is 1. The zero-order valence-corrected chi connectivity index (χ0v) is 14.9. The largest absolute Gasteiger partial charge is 0.481 e. The van der Waals surface area contributed by atoms with Crippen LogP contribution >= 0.6 is 15.9 Å². The van der Waals surface area contributed by atoms with Gasteiger partial charge in [0.15, 0.2) is 0 Å². The molecule has 124 valence electrons. The van der Waals surface area contributed by atoms with Gasteiger partial charge < -0.3 is 10.0 Å². The molecule has 1 N–H and O–H groups in total.